The molecule has 0 aliphatic carbocycles. The number of aliphatic hydroxyl groups excluding tert-OH is 1. The van der Waals surface area contributed by atoms with Crippen LogP contribution in [0, 0.1) is 5.41 Å². The van der Waals surface area contributed by atoms with E-state index in [4.69, 9.17) is 5.11 Å². The van der Waals surface area contributed by atoms with E-state index in [0.29, 0.717) is 6.04 Å². The van der Waals surface area contributed by atoms with E-state index in [1.54, 1.807) is 0 Å². The molecule has 1 heterocycles. The van der Waals surface area contributed by atoms with Crippen LogP contribution in [0.5, 0.6) is 0 Å². The summed E-state index contributed by atoms with van der Waals surface area (Å²) in [4.78, 5) is 0. The van der Waals surface area contributed by atoms with Gasteiger partial charge in [-0.05, 0) is 11.8 Å². The van der Waals surface area contributed by atoms with E-state index in [1.807, 2.05) is 0 Å². The molecular weight excluding hydrogens is 152 g/mol. The molecule has 0 radical (unpaired) electrons. The van der Waals surface area contributed by atoms with Crippen LogP contribution >= 0.6 is 0 Å². The highest BCUT2D eigenvalue weighted by Crippen LogP contribution is 2.18. The normalized spacial score (nSPS) is 19.2. The molecule has 3 heteroatoms. The van der Waals surface area contributed by atoms with Gasteiger partial charge in [0.1, 0.15) is 0 Å². The summed E-state index contributed by atoms with van der Waals surface area (Å²) < 4.78 is 0. The first kappa shape index (κ1) is 9.96. The Labute approximate surface area is 74.5 Å². The van der Waals surface area contributed by atoms with Crippen LogP contribution in [0.2, 0.25) is 0 Å². The van der Waals surface area contributed by atoms with Crippen molar-refractivity contribution in [3.05, 3.63) is 0 Å². The van der Waals surface area contributed by atoms with Crippen molar-refractivity contribution in [1.82, 2.24) is 10.6 Å². The van der Waals surface area contributed by atoms with E-state index >= 15 is 0 Å². The molecule has 0 bridgehead atoms. The Balaban J connectivity index is 2.10. The van der Waals surface area contributed by atoms with Gasteiger partial charge in [0.15, 0.2) is 0 Å². The molecule has 1 fully saturated rings. The molecule has 0 aromatic heterocycles. The quantitative estimate of drug-likeness (QED) is 0.545. The topological polar surface area (TPSA) is 44.3 Å². The summed E-state index contributed by atoms with van der Waals surface area (Å²) in [6.45, 7) is 7.84. The van der Waals surface area contributed by atoms with Crippen molar-refractivity contribution in [2.45, 2.75) is 26.3 Å². The van der Waals surface area contributed by atoms with Crippen LogP contribution < -0.4 is 10.6 Å². The minimum Gasteiger partial charge on any atom is -0.396 e. The second-order valence-electron chi connectivity index (χ2n) is 4.37. The van der Waals surface area contributed by atoms with Crippen molar-refractivity contribution in [3.8, 4) is 0 Å². The third kappa shape index (κ3) is 3.09. The Hall–Kier alpha value is -0.120. The minimum atomic E-state index is 0.227. The first-order valence-electron chi connectivity index (χ1n) is 4.69. The summed E-state index contributed by atoms with van der Waals surface area (Å²) in [6.07, 6.45) is 0.875. The van der Waals surface area contributed by atoms with E-state index in [9.17, 15) is 0 Å². The lowest BCUT2D eigenvalue weighted by atomic mass is 9.89. The molecule has 0 saturated carbocycles. The minimum absolute atomic E-state index is 0.227. The third-order valence-corrected chi connectivity index (χ3v) is 2.44. The molecule has 3 N–H and O–H groups in total. The fourth-order valence-electron chi connectivity index (χ4n) is 1.24. The molecule has 1 aliphatic heterocycles. The van der Waals surface area contributed by atoms with Crippen LogP contribution in [0.25, 0.3) is 0 Å². The van der Waals surface area contributed by atoms with E-state index in [2.05, 4.69) is 24.5 Å². The predicted molar refractivity (Wildman–Crippen MR) is 50.1 cm³/mol. The molecule has 1 aliphatic rings. The summed E-state index contributed by atoms with van der Waals surface area (Å²) in [7, 11) is 0. The number of hydrogen-bond acceptors (Lipinski definition) is 3. The molecule has 1 rings (SSSR count). The molecule has 1 saturated heterocycles. The zero-order valence-electron chi connectivity index (χ0n) is 8.06. The molecule has 0 aromatic carbocycles. The Morgan fingerprint density at radius 1 is 1.50 bits per heavy atom. The van der Waals surface area contributed by atoms with Crippen LogP contribution in [-0.2, 0) is 0 Å². The van der Waals surface area contributed by atoms with E-state index < -0.39 is 0 Å². The third-order valence-electron chi connectivity index (χ3n) is 2.44. The lowest BCUT2D eigenvalue weighted by Crippen LogP contribution is -2.56. The SMILES string of the molecule is CC(C)(CCO)CNC1CNC1. The second-order valence-corrected chi connectivity index (χ2v) is 4.37. The Bertz CT molecular complexity index is 132. The molecule has 0 aromatic rings. The monoisotopic (exact) mass is 172 g/mol. The van der Waals surface area contributed by atoms with Gasteiger partial charge in [-0.25, -0.2) is 0 Å². The first-order valence-corrected chi connectivity index (χ1v) is 4.69. The van der Waals surface area contributed by atoms with Gasteiger partial charge in [-0.2, -0.15) is 0 Å². The van der Waals surface area contributed by atoms with E-state index in [1.165, 1.54) is 0 Å². The number of aliphatic hydroxyl groups is 1. The van der Waals surface area contributed by atoms with Crippen LogP contribution in [0.3, 0.4) is 0 Å². The number of hydrogen-bond donors (Lipinski definition) is 3. The summed E-state index contributed by atoms with van der Waals surface area (Å²) in [6, 6.07) is 0.656. The molecule has 72 valence electrons. The second kappa shape index (κ2) is 4.21. The average Bonchev–Trinajstić information content (AvgIpc) is 1.82. The highest BCUT2D eigenvalue weighted by molar-refractivity contribution is 4.84. The van der Waals surface area contributed by atoms with Crippen molar-refractivity contribution in [2.75, 3.05) is 26.2 Å². The average molecular weight is 172 g/mol. The number of rotatable bonds is 5. The van der Waals surface area contributed by atoms with Crippen molar-refractivity contribution in [1.29, 1.82) is 0 Å². The largest absolute Gasteiger partial charge is 0.396 e. The van der Waals surface area contributed by atoms with Crippen molar-refractivity contribution < 1.29 is 5.11 Å². The van der Waals surface area contributed by atoms with Crippen LogP contribution in [0.4, 0.5) is 0 Å². The molecule has 12 heavy (non-hydrogen) atoms. The first-order chi connectivity index (χ1) is 5.64. The van der Waals surface area contributed by atoms with Crippen LogP contribution in [0.15, 0.2) is 0 Å². The highest BCUT2D eigenvalue weighted by atomic mass is 16.3. The van der Waals surface area contributed by atoms with Crippen molar-refractivity contribution in [2.24, 2.45) is 5.41 Å². The smallest absolute Gasteiger partial charge is 0.0436 e. The summed E-state index contributed by atoms with van der Waals surface area (Å²) in [5, 5.41) is 15.5. The number of nitrogens with one attached hydrogen (secondary N) is 2. The highest BCUT2D eigenvalue weighted by Gasteiger charge is 2.21. The maximum Gasteiger partial charge on any atom is 0.0436 e. The van der Waals surface area contributed by atoms with Gasteiger partial charge in [-0.15, -0.1) is 0 Å². The lowest BCUT2D eigenvalue weighted by molar-refractivity contribution is 0.196. The Kier molecular flexibility index (Phi) is 3.50. The lowest BCUT2D eigenvalue weighted by Gasteiger charge is -2.32. The van der Waals surface area contributed by atoms with Crippen molar-refractivity contribution >= 4 is 0 Å². The summed E-state index contributed by atoms with van der Waals surface area (Å²) >= 11 is 0. The zero-order chi connectivity index (χ0) is 9.03. The fourth-order valence-corrected chi connectivity index (χ4v) is 1.24. The molecule has 0 amide bonds. The molecule has 0 spiro atoms. The standard InChI is InChI=1S/C9H20N2O/c1-9(2,3-4-12)7-11-8-5-10-6-8/h8,10-12H,3-7H2,1-2H3. The molecule has 3 nitrogen and oxygen atoms in total. The molecular formula is C9H20N2O. The Morgan fingerprint density at radius 2 is 2.17 bits per heavy atom. The van der Waals surface area contributed by atoms with Crippen molar-refractivity contribution in [3.63, 3.8) is 0 Å². The van der Waals surface area contributed by atoms with Gasteiger partial charge >= 0.3 is 0 Å². The fraction of sp³-hybridized carbons (Fsp3) is 1.00. The maximum absolute atomic E-state index is 8.80. The molecule has 0 atom stereocenters. The zero-order valence-corrected chi connectivity index (χ0v) is 8.06. The van der Waals surface area contributed by atoms with Crippen LogP contribution in [-0.4, -0.2) is 37.4 Å². The predicted octanol–water partition coefficient (Wildman–Crippen LogP) is -0.0436. The maximum atomic E-state index is 8.80. The summed E-state index contributed by atoms with van der Waals surface area (Å²) in [5.41, 5.74) is 0.227. The van der Waals surface area contributed by atoms with Gasteiger partial charge in [0, 0.05) is 32.3 Å². The van der Waals surface area contributed by atoms with Crippen LogP contribution in [0.1, 0.15) is 20.3 Å². The van der Waals surface area contributed by atoms with Gasteiger partial charge in [-0.3, -0.25) is 0 Å². The van der Waals surface area contributed by atoms with Gasteiger partial charge < -0.3 is 15.7 Å². The van der Waals surface area contributed by atoms with E-state index in [-0.39, 0.29) is 12.0 Å². The van der Waals surface area contributed by atoms with Gasteiger partial charge in [0.2, 0.25) is 0 Å². The Morgan fingerprint density at radius 3 is 2.58 bits per heavy atom. The van der Waals surface area contributed by atoms with Gasteiger partial charge in [-0.1, -0.05) is 13.8 Å². The molecule has 0 unspecified atom stereocenters. The van der Waals surface area contributed by atoms with Gasteiger partial charge in [0.25, 0.3) is 0 Å². The van der Waals surface area contributed by atoms with E-state index in [0.717, 1.165) is 26.1 Å². The summed E-state index contributed by atoms with van der Waals surface area (Å²) in [5.74, 6) is 0. The van der Waals surface area contributed by atoms with Gasteiger partial charge in [0.05, 0.1) is 0 Å².